The van der Waals surface area contributed by atoms with Gasteiger partial charge in [-0.05, 0) is 59.2 Å². The van der Waals surface area contributed by atoms with E-state index in [1.807, 2.05) is 31.2 Å². The van der Waals surface area contributed by atoms with Crippen LogP contribution in [-0.2, 0) is 17.8 Å². The van der Waals surface area contributed by atoms with Gasteiger partial charge in [-0.3, -0.25) is 5.32 Å². The first-order valence-electron chi connectivity index (χ1n) is 7.39. The van der Waals surface area contributed by atoms with Crippen LogP contribution < -0.4 is 10.1 Å². The number of ether oxygens (including phenoxy) is 2. The lowest BCUT2D eigenvalue weighted by atomic mass is 10.1. The van der Waals surface area contributed by atoms with Crippen LogP contribution in [0.3, 0.4) is 0 Å². The van der Waals surface area contributed by atoms with E-state index in [0.29, 0.717) is 6.61 Å². The summed E-state index contributed by atoms with van der Waals surface area (Å²) in [6.07, 6.45) is 0.518. The maximum atomic E-state index is 11.5. The molecule has 0 unspecified atom stereocenters. The minimum atomic E-state index is -0.487. The number of anilines is 1. The number of amides is 1. The molecule has 0 aliphatic carbocycles. The molecule has 0 saturated carbocycles. The highest BCUT2D eigenvalue weighted by Crippen LogP contribution is 2.26. The Hall–Kier alpha value is -1.76. The number of rotatable bonds is 5. The maximum absolute atomic E-state index is 11.5. The van der Waals surface area contributed by atoms with Crippen molar-refractivity contribution in [1.82, 2.24) is 0 Å². The molecular weight excluding hydrogens is 405 g/mol. The minimum absolute atomic E-state index is 0.377. The van der Waals surface area contributed by atoms with E-state index in [4.69, 9.17) is 4.74 Å². The van der Waals surface area contributed by atoms with E-state index in [0.717, 1.165) is 32.6 Å². The molecule has 23 heavy (non-hydrogen) atoms. The summed E-state index contributed by atoms with van der Waals surface area (Å²) >= 11 is 2.18. The van der Waals surface area contributed by atoms with Gasteiger partial charge in [0.1, 0.15) is 12.4 Å². The van der Waals surface area contributed by atoms with Crippen molar-refractivity contribution in [2.45, 2.75) is 26.9 Å². The third-order valence-corrected chi connectivity index (χ3v) is 4.44. The fraction of sp³-hybridized carbons (Fsp3) is 0.278. The molecule has 2 aromatic carbocycles. The Morgan fingerprint density at radius 3 is 2.70 bits per heavy atom. The molecule has 0 aromatic heterocycles. The number of hydrogen-bond donors (Lipinski definition) is 1. The van der Waals surface area contributed by atoms with Gasteiger partial charge >= 0.3 is 6.09 Å². The molecule has 0 atom stereocenters. The van der Waals surface area contributed by atoms with Gasteiger partial charge in [0.15, 0.2) is 0 Å². The summed E-state index contributed by atoms with van der Waals surface area (Å²) in [5, 5.41) is 2.75. The monoisotopic (exact) mass is 425 g/mol. The average molecular weight is 425 g/mol. The highest BCUT2D eigenvalue weighted by atomic mass is 127. The van der Waals surface area contributed by atoms with Gasteiger partial charge in [0, 0.05) is 9.13 Å². The average Bonchev–Trinajstić information content (AvgIpc) is 2.56. The molecule has 0 radical (unpaired) electrons. The summed E-state index contributed by atoms with van der Waals surface area (Å²) in [4.78, 5) is 11.5. The molecule has 0 aliphatic rings. The number of nitrogens with one attached hydrogen (secondary N) is 1. The van der Waals surface area contributed by atoms with Gasteiger partial charge in [-0.1, -0.05) is 31.2 Å². The first-order chi connectivity index (χ1) is 11.0. The number of aryl methyl sites for hydroxylation is 2. The molecule has 0 aliphatic heterocycles. The Labute approximate surface area is 150 Å². The summed E-state index contributed by atoms with van der Waals surface area (Å²) in [6.45, 7) is 4.55. The summed E-state index contributed by atoms with van der Waals surface area (Å²) in [5.74, 6) is 0.852. The third-order valence-electron chi connectivity index (χ3n) is 3.54. The molecule has 2 rings (SSSR count). The maximum Gasteiger partial charge on any atom is 0.411 e. The van der Waals surface area contributed by atoms with Crippen molar-refractivity contribution in [2.75, 3.05) is 12.4 Å². The van der Waals surface area contributed by atoms with Crippen LogP contribution in [0.2, 0.25) is 0 Å². The van der Waals surface area contributed by atoms with E-state index in [1.54, 1.807) is 0 Å². The van der Waals surface area contributed by atoms with Crippen molar-refractivity contribution in [2.24, 2.45) is 0 Å². The number of methoxy groups -OCH3 is 1. The molecule has 122 valence electrons. The molecule has 0 spiro atoms. The number of benzene rings is 2. The molecular formula is C18H20INO3. The van der Waals surface area contributed by atoms with Crippen LogP contribution >= 0.6 is 22.6 Å². The van der Waals surface area contributed by atoms with Gasteiger partial charge in [-0.2, -0.15) is 0 Å². The first kappa shape index (κ1) is 17.6. The molecule has 2 aromatic rings. The van der Waals surface area contributed by atoms with Crippen molar-refractivity contribution in [3.8, 4) is 5.75 Å². The zero-order chi connectivity index (χ0) is 16.8. The van der Waals surface area contributed by atoms with Crippen molar-refractivity contribution in [3.05, 3.63) is 56.7 Å². The standard InChI is InChI=1S/C18H20INO3/c1-4-13-8-9-16(12(2)10-13)23-11-14-6-5-7-15(19)17(14)20-18(21)22-3/h5-10H,4,11H2,1-3H3,(H,20,21). The van der Waals surface area contributed by atoms with E-state index in [2.05, 4.69) is 51.7 Å². The predicted molar refractivity (Wildman–Crippen MR) is 100 cm³/mol. The molecule has 1 N–H and O–H groups in total. The van der Waals surface area contributed by atoms with E-state index >= 15 is 0 Å². The molecule has 0 heterocycles. The van der Waals surface area contributed by atoms with Crippen molar-refractivity contribution >= 4 is 34.4 Å². The molecule has 5 heteroatoms. The normalized spacial score (nSPS) is 10.3. The summed E-state index contributed by atoms with van der Waals surface area (Å²) in [7, 11) is 1.35. The fourth-order valence-corrected chi connectivity index (χ4v) is 2.92. The number of para-hydroxylation sites is 1. The second-order valence-electron chi connectivity index (χ2n) is 5.13. The van der Waals surface area contributed by atoms with Gasteiger partial charge in [-0.15, -0.1) is 0 Å². The Kier molecular flexibility index (Phi) is 6.27. The Morgan fingerprint density at radius 1 is 1.26 bits per heavy atom. The van der Waals surface area contributed by atoms with Crippen LogP contribution in [0.1, 0.15) is 23.6 Å². The minimum Gasteiger partial charge on any atom is -0.489 e. The van der Waals surface area contributed by atoms with E-state index < -0.39 is 6.09 Å². The van der Waals surface area contributed by atoms with Crippen LogP contribution in [0.15, 0.2) is 36.4 Å². The largest absolute Gasteiger partial charge is 0.489 e. The Balaban J connectivity index is 2.17. The Bertz CT molecular complexity index is 701. The van der Waals surface area contributed by atoms with Gasteiger partial charge in [0.05, 0.1) is 12.8 Å². The van der Waals surface area contributed by atoms with Gasteiger partial charge < -0.3 is 9.47 Å². The van der Waals surface area contributed by atoms with E-state index in [1.165, 1.54) is 12.7 Å². The molecule has 0 saturated heterocycles. The number of carbonyl (C=O) groups excluding carboxylic acids is 1. The first-order valence-corrected chi connectivity index (χ1v) is 8.47. The third kappa shape index (κ3) is 4.60. The van der Waals surface area contributed by atoms with Crippen LogP contribution in [0.4, 0.5) is 10.5 Å². The van der Waals surface area contributed by atoms with Gasteiger partial charge in [0.2, 0.25) is 0 Å². The highest BCUT2D eigenvalue weighted by Gasteiger charge is 2.11. The summed E-state index contributed by atoms with van der Waals surface area (Å²) < 4.78 is 11.6. The lowest BCUT2D eigenvalue weighted by Crippen LogP contribution is -2.14. The van der Waals surface area contributed by atoms with Gasteiger partial charge in [0.25, 0.3) is 0 Å². The van der Waals surface area contributed by atoms with E-state index in [9.17, 15) is 4.79 Å². The summed E-state index contributed by atoms with van der Waals surface area (Å²) in [5.41, 5.74) is 4.03. The van der Waals surface area contributed by atoms with Crippen molar-refractivity contribution < 1.29 is 14.3 Å². The van der Waals surface area contributed by atoms with Crippen molar-refractivity contribution in [3.63, 3.8) is 0 Å². The Morgan fingerprint density at radius 2 is 2.04 bits per heavy atom. The lowest BCUT2D eigenvalue weighted by molar-refractivity contribution is 0.187. The van der Waals surface area contributed by atoms with Crippen LogP contribution in [0, 0.1) is 10.5 Å². The SMILES string of the molecule is CCc1ccc(OCc2cccc(I)c2NC(=O)OC)c(C)c1. The molecule has 4 nitrogen and oxygen atoms in total. The quantitative estimate of drug-likeness (QED) is 0.692. The highest BCUT2D eigenvalue weighted by molar-refractivity contribution is 14.1. The van der Waals surface area contributed by atoms with Crippen LogP contribution in [-0.4, -0.2) is 13.2 Å². The predicted octanol–water partition coefficient (Wildman–Crippen LogP) is 4.92. The van der Waals surface area contributed by atoms with Crippen LogP contribution in [0.25, 0.3) is 0 Å². The molecule has 1 amide bonds. The fourth-order valence-electron chi connectivity index (χ4n) is 2.23. The topological polar surface area (TPSA) is 47.6 Å². The summed E-state index contributed by atoms with van der Waals surface area (Å²) in [6, 6.07) is 12.0. The zero-order valence-corrected chi connectivity index (χ0v) is 15.6. The second-order valence-corrected chi connectivity index (χ2v) is 6.29. The van der Waals surface area contributed by atoms with Crippen molar-refractivity contribution in [1.29, 1.82) is 0 Å². The van der Waals surface area contributed by atoms with E-state index in [-0.39, 0.29) is 0 Å². The van der Waals surface area contributed by atoms with Gasteiger partial charge in [-0.25, -0.2) is 4.79 Å². The second kappa shape index (κ2) is 8.19. The number of carbonyl (C=O) groups is 1. The van der Waals surface area contributed by atoms with Crippen LogP contribution in [0.5, 0.6) is 5.75 Å². The smallest absolute Gasteiger partial charge is 0.411 e. The zero-order valence-electron chi connectivity index (χ0n) is 13.5. The number of hydrogen-bond acceptors (Lipinski definition) is 3. The number of halogens is 1. The lowest BCUT2D eigenvalue weighted by Gasteiger charge is -2.15. The molecule has 0 fully saturated rings. The molecule has 0 bridgehead atoms.